The van der Waals surface area contributed by atoms with Gasteiger partial charge in [0, 0.05) is 12.0 Å². The van der Waals surface area contributed by atoms with Crippen LogP contribution in [0.5, 0.6) is 0 Å². The molecule has 0 atom stereocenters. The molecular weight excluding hydrogens is 220 g/mol. The van der Waals surface area contributed by atoms with Crippen molar-refractivity contribution in [1.82, 2.24) is 0 Å². The SMILES string of the molecule is COC1(C(=O)c2ccc(C)s2)CCCCC1. The maximum Gasteiger partial charge on any atom is 0.204 e. The first-order valence-electron chi connectivity index (χ1n) is 5.84. The van der Waals surface area contributed by atoms with E-state index in [0.29, 0.717) is 0 Å². The molecule has 0 N–H and O–H groups in total. The zero-order valence-corrected chi connectivity index (χ0v) is 10.7. The van der Waals surface area contributed by atoms with Crippen molar-refractivity contribution in [2.45, 2.75) is 44.6 Å². The Morgan fingerprint density at radius 3 is 2.50 bits per heavy atom. The lowest BCUT2D eigenvalue weighted by Gasteiger charge is -2.34. The Kier molecular flexibility index (Phi) is 3.45. The molecule has 0 aliphatic heterocycles. The third-order valence-corrected chi connectivity index (χ3v) is 4.43. The summed E-state index contributed by atoms with van der Waals surface area (Å²) in [6, 6.07) is 3.93. The smallest absolute Gasteiger partial charge is 0.204 e. The third-order valence-electron chi connectivity index (χ3n) is 3.43. The lowest BCUT2D eigenvalue weighted by atomic mass is 9.81. The van der Waals surface area contributed by atoms with Gasteiger partial charge in [-0.1, -0.05) is 19.3 Å². The van der Waals surface area contributed by atoms with E-state index in [4.69, 9.17) is 4.74 Å². The molecule has 2 nitrogen and oxygen atoms in total. The normalized spacial score (nSPS) is 19.6. The fourth-order valence-corrected chi connectivity index (χ4v) is 3.33. The molecule has 3 heteroatoms. The van der Waals surface area contributed by atoms with E-state index in [9.17, 15) is 4.79 Å². The number of hydrogen-bond donors (Lipinski definition) is 0. The molecule has 1 saturated carbocycles. The van der Waals surface area contributed by atoms with Crippen molar-refractivity contribution in [3.63, 3.8) is 0 Å². The fraction of sp³-hybridized carbons (Fsp3) is 0.615. The highest BCUT2D eigenvalue weighted by Crippen LogP contribution is 2.35. The standard InChI is InChI=1S/C13H18O2S/c1-10-6-7-11(16-10)12(14)13(15-2)8-4-3-5-9-13/h6-7H,3-5,8-9H2,1-2H3. The van der Waals surface area contributed by atoms with Crippen molar-refractivity contribution in [3.8, 4) is 0 Å². The first kappa shape index (κ1) is 11.8. The van der Waals surface area contributed by atoms with Gasteiger partial charge in [0.25, 0.3) is 0 Å². The Morgan fingerprint density at radius 1 is 1.31 bits per heavy atom. The van der Waals surface area contributed by atoms with Crippen LogP contribution in [-0.4, -0.2) is 18.5 Å². The van der Waals surface area contributed by atoms with Gasteiger partial charge >= 0.3 is 0 Å². The Morgan fingerprint density at radius 2 is 2.00 bits per heavy atom. The first-order valence-corrected chi connectivity index (χ1v) is 6.66. The number of ketones is 1. The molecule has 1 aromatic heterocycles. The van der Waals surface area contributed by atoms with Crippen molar-refractivity contribution in [2.24, 2.45) is 0 Å². The molecular formula is C13H18O2S. The van der Waals surface area contributed by atoms with E-state index in [1.807, 2.05) is 19.1 Å². The van der Waals surface area contributed by atoms with Crippen LogP contribution in [0.1, 0.15) is 46.7 Å². The fourth-order valence-electron chi connectivity index (χ4n) is 2.43. The van der Waals surface area contributed by atoms with Crippen molar-refractivity contribution in [2.75, 3.05) is 7.11 Å². The number of methoxy groups -OCH3 is 1. The molecule has 16 heavy (non-hydrogen) atoms. The molecule has 0 bridgehead atoms. The van der Waals surface area contributed by atoms with Gasteiger partial charge in [-0.2, -0.15) is 0 Å². The van der Waals surface area contributed by atoms with E-state index in [2.05, 4.69) is 0 Å². The second-order valence-electron chi connectivity index (χ2n) is 4.50. The highest BCUT2D eigenvalue weighted by molar-refractivity contribution is 7.14. The Hall–Kier alpha value is -0.670. The number of hydrogen-bond acceptors (Lipinski definition) is 3. The molecule has 0 radical (unpaired) electrons. The summed E-state index contributed by atoms with van der Waals surface area (Å²) in [5.41, 5.74) is -0.532. The van der Waals surface area contributed by atoms with Gasteiger partial charge in [0.05, 0.1) is 4.88 Å². The minimum atomic E-state index is -0.532. The van der Waals surface area contributed by atoms with Crippen molar-refractivity contribution >= 4 is 17.1 Å². The van der Waals surface area contributed by atoms with Crippen LogP contribution in [0.15, 0.2) is 12.1 Å². The second kappa shape index (κ2) is 4.68. The summed E-state index contributed by atoms with van der Waals surface area (Å²) >= 11 is 1.57. The van der Waals surface area contributed by atoms with Crippen LogP contribution >= 0.6 is 11.3 Å². The lowest BCUT2D eigenvalue weighted by molar-refractivity contribution is -0.0190. The molecule has 0 spiro atoms. The van der Waals surface area contributed by atoms with Gasteiger partial charge in [-0.15, -0.1) is 11.3 Å². The Balaban J connectivity index is 2.24. The van der Waals surface area contributed by atoms with Gasteiger partial charge in [0.15, 0.2) is 0 Å². The number of carbonyl (C=O) groups excluding carboxylic acids is 1. The molecule has 1 aliphatic rings. The number of thiophene rings is 1. The van der Waals surface area contributed by atoms with Gasteiger partial charge in [-0.25, -0.2) is 0 Å². The molecule has 0 unspecified atom stereocenters. The van der Waals surface area contributed by atoms with E-state index in [0.717, 1.165) is 30.6 Å². The Bertz CT molecular complexity index is 375. The molecule has 1 aromatic rings. The second-order valence-corrected chi connectivity index (χ2v) is 5.79. The average Bonchev–Trinajstić information content (AvgIpc) is 2.76. The van der Waals surface area contributed by atoms with Crippen molar-refractivity contribution < 1.29 is 9.53 Å². The lowest BCUT2D eigenvalue weighted by Crippen LogP contribution is -2.42. The molecule has 1 heterocycles. The summed E-state index contributed by atoms with van der Waals surface area (Å²) in [7, 11) is 1.67. The third kappa shape index (κ3) is 2.06. The minimum Gasteiger partial charge on any atom is -0.370 e. The number of Topliss-reactive ketones (excluding diaryl/α,β-unsaturated/α-hetero) is 1. The molecule has 88 valence electrons. The average molecular weight is 238 g/mol. The molecule has 0 aromatic carbocycles. The van der Waals surface area contributed by atoms with Crippen LogP contribution in [0.2, 0.25) is 0 Å². The van der Waals surface area contributed by atoms with Gasteiger partial charge < -0.3 is 4.74 Å². The zero-order valence-electron chi connectivity index (χ0n) is 9.91. The topological polar surface area (TPSA) is 26.3 Å². The van der Waals surface area contributed by atoms with Gasteiger partial charge in [-0.05, 0) is 31.9 Å². The number of carbonyl (C=O) groups is 1. The van der Waals surface area contributed by atoms with Crippen LogP contribution in [0.3, 0.4) is 0 Å². The van der Waals surface area contributed by atoms with E-state index in [1.165, 1.54) is 11.3 Å². The molecule has 0 saturated heterocycles. The zero-order chi connectivity index (χ0) is 11.6. The minimum absolute atomic E-state index is 0.188. The van der Waals surface area contributed by atoms with E-state index in [-0.39, 0.29) is 5.78 Å². The summed E-state index contributed by atoms with van der Waals surface area (Å²) in [5.74, 6) is 0.188. The van der Waals surface area contributed by atoms with Crippen LogP contribution in [0, 0.1) is 6.92 Å². The maximum absolute atomic E-state index is 12.5. The first-order chi connectivity index (χ1) is 7.68. The van der Waals surface area contributed by atoms with E-state index < -0.39 is 5.60 Å². The summed E-state index contributed by atoms with van der Waals surface area (Å²) in [6.07, 6.45) is 5.17. The van der Waals surface area contributed by atoms with E-state index >= 15 is 0 Å². The number of rotatable bonds is 3. The molecule has 2 rings (SSSR count). The largest absolute Gasteiger partial charge is 0.370 e. The van der Waals surface area contributed by atoms with E-state index in [1.54, 1.807) is 18.4 Å². The summed E-state index contributed by atoms with van der Waals surface area (Å²) < 4.78 is 5.56. The summed E-state index contributed by atoms with van der Waals surface area (Å²) in [5, 5.41) is 0. The quantitative estimate of drug-likeness (QED) is 0.752. The van der Waals surface area contributed by atoms with Crippen LogP contribution in [0.4, 0.5) is 0 Å². The van der Waals surface area contributed by atoms with Crippen molar-refractivity contribution in [1.29, 1.82) is 0 Å². The summed E-state index contributed by atoms with van der Waals surface area (Å²) in [6.45, 7) is 2.03. The predicted molar refractivity (Wildman–Crippen MR) is 66.2 cm³/mol. The highest BCUT2D eigenvalue weighted by Gasteiger charge is 2.40. The monoisotopic (exact) mass is 238 g/mol. The molecule has 1 fully saturated rings. The number of aryl methyl sites for hydroxylation is 1. The van der Waals surface area contributed by atoms with Crippen LogP contribution in [0.25, 0.3) is 0 Å². The van der Waals surface area contributed by atoms with Crippen LogP contribution < -0.4 is 0 Å². The molecule has 0 amide bonds. The Labute approximate surface area is 101 Å². The van der Waals surface area contributed by atoms with Crippen LogP contribution in [-0.2, 0) is 4.74 Å². The summed E-state index contributed by atoms with van der Waals surface area (Å²) in [4.78, 5) is 14.5. The van der Waals surface area contributed by atoms with Gasteiger partial charge in [0.2, 0.25) is 5.78 Å². The predicted octanol–water partition coefficient (Wildman–Crippen LogP) is 3.59. The maximum atomic E-state index is 12.5. The van der Waals surface area contributed by atoms with Gasteiger partial charge in [-0.3, -0.25) is 4.79 Å². The van der Waals surface area contributed by atoms with Crippen molar-refractivity contribution in [3.05, 3.63) is 21.9 Å². The molecule has 1 aliphatic carbocycles. The highest BCUT2D eigenvalue weighted by atomic mass is 32.1. The number of ether oxygens (including phenoxy) is 1. The van der Waals surface area contributed by atoms with Gasteiger partial charge in [0.1, 0.15) is 5.60 Å².